The summed E-state index contributed by atoms with van der Waals surface area (Å²) in [6.45, 7) is 6.12. The largest absolute Gasteiger partial charge is 0.356 e. The van der Waals surface area contributed by atoms with E-state index in [1.54, 1.807) is 11.3 Å². The van der Waals surface area contributed by atoms with Gasteiger partial charge in [-0.25, -0.2) is 4.98 Å². The molecule has 100 valence electrons. The van der Waals surface area contributed by atoms with E-state index in [0.717, 1.165) is 30.2 Å². The first kappa shape index (κ1) is 13.5. The standard InChI is InChI=1S/C13H21N3OS/c1-2-5-14-12(17)8-11-10-18-13(15-11)9-16-6-3-4-7-16/h10H,2-9H2,1H3,(H,14,17). The zero-order chi connectivity index (χ0) is 12.8. The summed E-state index contributed by atoms with van der Waals surface area (Å²) in [5.41, 5.74) is 0.905. The third-order valence-electron chi connectivity index (χ3n) is 3.07. The Morgan fingerprint density at radius 3 is 3.00 bits per heavy atom. The van der Waals surface area contributed by atoms with Crippen LogP contribution in [0.15, 0.2) is 5.38 Å². The van der Waals surface area contributed by atoms with Crippen LogP contribution in [0.4, 0.5) is 0 Å². The summed E-state index contributed by atoms with van der Waals surface area (Å²) in [6.07, 6.45) is 3.99. The summed E-state index contributed by atoms with van der Waals surface area (Å²) in [4.78, 5) is 18.5. The average Bonchev–Trinajstić information content (AvgIpc) is 2.99. The van der Waals surface area contributed by atoms with E-state index in [9.17, 15) is 4.79 Å². The molecule has 0 bridgehead atoms. The predicted molar refractivity (Wildman–Crippen MR) is 73.6 cm³/mol. The number of nitrogens with one attached hydrogen (secondary N) is 1. The highest BCUT2D eigenvalue weighted by Gasteiger charge is 2.14. The fraction of sp³-hybridized carbons (Fsp3) is 0.692. The van der Waals surface area contributed by atoms with Crippen molar-refractivity contribution in [2.45, 2.75) is 39.2 Å². The monoisotopic (exact) mass is 267 g/mol. The van der Waals surface area contributed by atoms with Gasteiger partial charge in [-0.15, -0.1) is 11.3 Å². The fourth-order valence-corrected chi connectivity index (χ4v) is 2.96. The summed E-state index contributed by atoms with van der Waals surface area (Å²) < 4.78 is 0. The number of amides is 1. The van der Waals surface area contributed by atoms with Crippen LogP contribution in [0.25, 0.3) is 0 Å². The maximum atomic E-state index is 11.6. The topological polar surface area (TPSA) is 45.2 Å². The van der Waals surface area contributed by atoms with Gasteiger partial charge in [-0.3, -0.25) is 9.69 Å². The summed E-state index contributed by atoms with van der Waals surface area (Å²) in [6, 6.07) is 0. The first-order valence-corrected chi connectivity index (χ1v) is 7.58. The molecule has 5 heteroatoms. The first-order chi connectivity index (χ1) is 8.78. The molecule has 1 aromatic heterocycles. The van der Waals surface area contributed by atoms with Crippen molar-refractivity contribution in [3.05, 3.63) is 16.1 Å². The molecule has 1 fully saturated rings. The molecule has 2 heterocycles. The molecule has 1 aliphatic rings. The number of thiazole rings is 1. The molecule has 1 amide bonds. The quantitative estimate of drug-likeness (QED) is 0.855. The van der Waals surface area contributed by atoms with Gasteiger partial charge in [-0.2, -0.15) is 0 Å². The molecule has 4 nitrogen and oxygen atoms in total. The fourth-order valence-electron chi connectivity index (χ4n) is 2.13. The minimum atomic E-state index is 0.0786. The maximum Gasteiger partial charge on any atom is 0.226 e. The van der Waals surface area contributed by atoms with Gasteiger partial charge in [0.25, 0.3) is 0 Å². The smallest absolute Gasteiger partial charge is 0.226 e. The lowest BCUT2D eigenvalue weighted by Gasteiger charge is -2.11. The molecule has 0 unspecified atom stereocenters. The van der Waals surface area contributed by atoms with Crippen LogP contribution in [0.2, 0.25) is 0 Å². The van der Waals surface area contributed by atoms with Crippen LogP contribution in [0.5, 0.6) is 0 Å². The van der Waals surface area contributed by atoms with Crippen LogP contribution < -0.4 is 5.32 Å². The normalized spacial score (nSPS) is 16.1. The second kappa shape index (κ2) is 6.85. The van der Waals surface area contributed by atoms with Crippen molar-refractivity contribution < 1.29 is 4.79 Å². The first-order valence-electron chi connectivity index (χ1n) is 6.70. The zero-order valence-corrected chi connectivity index (χ0v) is 11.8. The van der Waals surface area contributed by atoms with Gasteiger partial charge in [0.05, 0.1) is 18.7 Å². The van der Waals surface area contributed by atoms with Gasteiger partial charge in [0.15, 0.2) is 0 Å². The Balaban J connectivity index is 1.79. The van der Waals surface area contributed by atoms with E-state index in [2.05, 4.69) is 22.1 Å². The molecule has 0 saturated carbocycles. The Labute approximate surface area is 112 Å². The zero-order valence-electron chi connectivity index (χ0n) is 10.9. The molecule has 1 saturated heterocycles. The van der Waals surface area contributed by atoms with Crippen LogP contribution in [-0.2, 0) is 17.8 Å². The second-order valence-corrected chi connectivity index (χ2v) is 5.69. The number of carbonyl (C=O) groups excluding carboxylic acids is 1. The molecule has 18 heavy (non-hydrogen) atoms. The van der Waals surface area contributed by atoms with Crippen LogP contribution in [0, 0.1) is 0 Å². The Morgan fingerprint density at radius 2 is 2.28 bits per heavy atom. The van der Waals surface area contributed by atoms with Gasteiger partial charge < -0.3 is 5.32 Å². The van der Waals surface area contributed by atoms with Gasteiger partial charge >= 0.3 is 0 Å². The number of carbonyl (C=O) groups is 1. The van der Waals surface area contributed by atoms with Gasteiger partial charge in [-0.1, -0.05) is 6.92 Å². The van der Waals surface area contributed by atoms with E-state index in [0.29, 0.717) is 6.42 Å². The number of rotatable bonds is 6. The highest BCUT2D eigenvalue weighted by molar-refractivity contribution is 7.09. The van der Waals surface area contributed by atoms with E-state index >= 15 is 0 Å². The molecule has 1 aromatic rings. The predicted octanol–water partition coefficient (Wildman–Crippen LogP) is 1.81. The Kier molecular flexibility index (Phi) is 5.13. The van der Waals surface area contributed by atoms with E-state index in [4.69, 9.17) is 0 Å². The van der Waals surface area contributed by atoms with Gasteiger partial charge in [-0.05, 0) is 32.4 Å². The third-order valence-corrected chi connectivity index (χ3v) is 3.95. The Bertz CT molecular complexity index is 385. The van der Waals surface area contributed by atoms with Crippen molar-refractivity contribution in [2.24, 2.45) is 0 Å². The Morgan fingerprint density at radius 1 is 1.50 bits per heavy atom. The summed E-state index contributed by atoms with van der Waals surface area (Å²) in [5.74, 6) is 0.0786. The van der Waals surface area contributed by atoms with Crippen molar-refractivity contribution in [3.63, 3.8) is 0 Å². The number of hydrogen-bond donors (Lipinski definition) is 1. The average molecular weight is 267 g/mol. The minimum absolute atomic E-state index is 0.0786. The molecule has 0 spiro atoms. The van der Waals surface area contributed by atoms with Gasteiger partial charge in [0.2, 0.25) is 5.91 Å². The third kappa shape index (κ3) is 4.07. The molecular weight excluding hydrogens is 246 g/mol. The summed E-state index contributed by atoms with van der Waals surface area (Å²) in [5, 5.41) is 6.02. The number of aromatic nitrogens is 1. The van der Waals surface area contributed by atoms with Crippen LogP contribution in [-0.4, -0.2) is 35.4 Å². The number of hydrogen-bond acceptors (Lipinski definition) is 4. The lowest BCUT2D eigenvalue weighted by atomic mass is 10.3. The lowest BCUT2D eigenvalue weighted by Crippen LogP contribution is -2.25. The van der Waals surface area contributed by atoms with Crippen molar-refractivity contribution in [3.8, 4) is 0 Å². The van der Waals surface area contributed by atoms with E-state index in [1.165, 1.54) is 25.9 Å². The van der Waals surface area contributed by atoms with Gasteiger partial charge in [0.1, 0.15) is 5.01 Å². The molecular formula is C13H21N3OS. The van der Waals surface area contributed by atoms with Crippen LogP contribution >= 0.6 is 11.3 Å². The molecule has 1 aliphatic heterocycles. The molecule has 0 atom stereocenters. The van der Waals surface area contributed by atoms with Crippen molar-refractivity contribution in [1.29, 1.82) is 0 Å². The van der Waals surface area contributed by atoms with Crippen molar-refractivity contribution in [2.75, 3.05) is 19.6 Å². The van der Waals surface area contributed by atoms with Crippen LogP contribution in [0.3, 0.4) is 0 Å². The summed E-state index contributed by atoms with van der Waals surface area (Å²) >= 11 is 1.67. The van der Waals surface area contributed by atoms with Gasteiger partial charge in [0, 0.05) is 11.9 Å². The Hall–Kier alpha value is -0.940. The molecule has 0 aliphatic carbocycles. The SMILES string of the molecule is CCCNC(=O)Cc1csc(CN2CCCC2)n1. The van der Waals surface area contributed by atoms with Crippen molar-refractivity contribution >= 4 is 17.2 Å². The molecule has 1 N–H and O–H groups in total. The van der Waals surface area contributed by atoms with E-state index in [1.807, 2.05) is 5.38 Å². The summed E-state index contributed by atoms with van der Waals surface area (Å²) in [7, 11) is 0. The van der Waals surface area contributed by atoms with E-state index in [-0.39, 0.29) is 5.91 Å². The molecule has 0 radical (unpaired) electrons. The second-order valence-electron chi connectivity index (χ2n) is 4.74. The highest BCUT2D eigenvalue weighted by atomic mass is 32.1. The van der Waals surface area contributed by atoms with Crippen LogP contribution in [0.1, 0.15) is 36.9 Å². The molecule has 2 rings (SSSR count). The maximum absolute atomic E-state index is 11.6. The number of likely N-dealkylation sites (tertiary alicyclic amines) is 1. The molecule has 0 aromatic carbocycles. The van der Waals surface area contributed by atoms with E-state index < -0.39 is 0 Å². The lowest BCUT2D eigenvalue weighted by molar-refractivity contribution is -0.120. The highest BCUT2D eigenvalue weighted by Crippen LogP contribution is 2.16. The minimum Gasteiger partial charge on any atom is -0.356 e. The van der Waals surface area contributed by atoms with Crippen molar-refractivity contribution in [1.82, 2.24) is 15.2 Å². The number of nitrogens with zero attached hydrogens (tertiary/aromatic N) is 2.